The van der Waals surface area contributed by atoms with E-state index in [1.54, 1.807) is 25.1 Å². The van der Waals surface area contributed by atoms with Crippen molar-refractivity contribution in [2.24, 2.45) is 4.99 Å². The van der Waals surface area contributed by atoms with E-state index < -0.39 is 17.8 Å². The summed E-state index contributed by atoms with van der Waals surface area (Å²) in [6.45, 7) is 3.93. The first-order chi connectivity index (χ1) is 14.5. The summed E-state index contributed by atoms with van der Waals surface area (Å²) in [4.78, 5) is 27.9. The third kappa shape index (κ3) is 5.22. The van der Waals surface area contributed by atoms with E-state index in [0.29, 0.717) is 29.2 Å². The lowest BCUT2D eigenvalue weighted by atomic mass is 10.1. The third-order valence-electron chi connectivity index (χ3n) is 3.93. The molecule has 1 heterocycles. The average Bonchev–Trinajstić information content (AvgIpc) is 3.08. The molecule has 0 saturated heterocycles. The Balaban J connectivity index is 1.81. The first kappa shape index (κ1) is 21.0. The van der Waals surface area contributed by atoms with Crippen LogP contribution in [0.1, 0.15) is 25.0 Å². The van der Waals surface area contributed by atoms with Crippen molar-refractivity contribution in [1.29, 1.82) is 0 Å². The lowest BCUT2D eigenvalue weighted by Gasteiger charge is -2.12. The molecule has 0 radical (unpaired) electrons. The number of carbonyl (C=O) groups excluding carboxylic acids is 2. The van der Waals surface area contributed by atoms with Gasteiger partial charge in [0.2, 0.25) is 5.90 Å². The number of cyclic esters (lactones) is 1. The number of ether oxygens (including phenoxy) is 4. The van der Waals surface area contributed by atoms with Crippen LogP contribution >= 0.6 is 0 Å². The van der Waals surface area contributed by atoms with Crippen LogP contribution in [-0.4, -0.2) is 37.7 Å². The van der Waals surface area contributed by atoms with Crippen LogP contribution in [0.2, 0.25) is 0 Å². The minimum Gasteiger partial charge on any atom is -0.490 e. The van der Waals surface area contributed by atoms with Crippen LogP contribution in [0.5, 0.6) is 11.5 Å². The van der Waals surface area contributed by atoms with Crippen LogP contribution in [0, 0.1) is 5.82 Å². The van der Waals surface area contributed by atoms with Crippen LogP contribution in [0.15, 0.2) is 53.2 Å². The quantitative estimate of drug-likeness (QED) is 0.487. The van der Waals surface area contributed by atoms with E-state index >= 15 is 0 Å². The molecule has 0 N–H and O–H groups in total. The predicted molar refractivity (Wildman–Crippen MR) is 107 cm³/mol. The molecule has 1 aliphatic heterocycles. The van der Waals surface area contributed by atoms with E-state index in [2.05, 4.69) is 4.99 Å². The Bertz CT molecular complexity index is 997. The van der Waals surface area contributed by atoms with E-state index in [9.17, 15) is 14.0 Å². The first-order valence-corrected chi connectivity index (χ1v) is 9.34. The Morgan fingerprint density at radius 1 is 1.07 bits per heavy atom. The molecule has 2 aromatic carbocycles. The fraction of sp³-hybridized carbons (Fsp3) is 0.227. The van der Waals surface area contributed by atoms with Gasteiger partial charge in [-0.25, -0.2) is 19.0 Å². The van der Waals surface area contributed by atoms with Crippen LogP contribution < -0.4 is 9.47 Å². The van der Waals surface area contributed by atoms with Gasteiger partial charge in [0.05, 0.1) is 13.2 Å². The molecule has 0 saturated carbocycles. The van der Waals surface area contributed by atoms with Gasteiger partial charge in [0.25, 0.3) is 0 Å². The normalized spacial score (nSPS) is 14.3. The standard InChI is InChI=1S/C22H20FNO6/c1-3-27-19-12-14(5-10-18(19)29-13-20(25)28-4-2)11-17-22(26)30-21(24-17)15-6-8-16(23)9-7-15/h5-12H,3-4,13H2,1-2H3/b17-11+. The number of aliphatic imine (C=N–C) groups is 1. The molecule has 0 aliphatic carbocycles. The zero-order chi connectivity index (χ0) is 21.5. The maximum atomic E-state index is 13.1. The lowest BCUT2D eigenvalue weighted by Crippen LogP contribution is -2.15. The van der Waals surface area contributed by atoms with Crippen LogP contribution in [0.4, 0.5) is 4.39 Å². The lowest BCUT2D eigenvalue weighted by molar-refractivity contribution is -0.145. The molecular weight excluding hydrogens is 393 g/mol. The molecule has 156 valence electrons. The summed E-state index contributed by atoms with van der Waals surface area (Å²) in [6.07, 6.45) is 1.54. The summed E-state index contributed by atoms with van der Waals surface area (Å²) in [5.41, 5.74) is 1.21. The van der Waals surface area contributed by atoms with Crippen molar-refractivity contribution in [3.05, 3.63) is 65.1 Å². The molecule has 30 heavy (non-hydrogen) atoms. The number of esters is 2. The minimum absolute atomic E-state index is 0.0944. The van der Waals surface area contributed by atoms with Crippen LogP contribution in [0.25, 0.3) is 6.08 Å². The highest BCUT2D eigenvalue weighted by Gasteiger charge is 2.24. The molecule has 3 rings (SSSR count). The van der Waals surface area contributed by atoms with Gasteiger partial charge in [-0.05, 0) is 61.9 Å². The number of hydrogen-bond donors (Lipinski definition) is 0. The molecule has 7 nitrogen and oxygen atoms in total. The second kappa shape index (κ2) is 9.69. The van der Waals surface area contributed by atoms with Gasteiger partial charge >= 0.3 is 11.9 Å². The Morgan fingerprint density at radius 2 is 1.83 bits per heavy atom. The van der Waals surface area contributed by atoms with Gasteiger partial charge in [-0.2, -0.15) is 0 Å². The van der Waals surface area contributed by atoms with E-state index in [1.165, 1.54) is 30.3 Å². The molecule has 0 spiro atoms. The van der Waals surface area contributed by atoms with Gasteiger partial charge < -0.3 is 18.9 Å². The molecule has 0 unspecified atom stereocenters. The van der Waals surface area contributed by atoms with E-state index in [0.717, 1.165) is 0 Å². The van der Waals surface area contributed by atoms with E-state index in [-0.39, 0.29) is 24.8 Å². The number of rotatable bonds is 8. The summed E-state index contributed by atoms with van der Waals surface area (Å²) >= 11 is 0. The summed E-state index contributed by atoms with van der Waals surface area (Å²) in [5.74, 6) is -0.613. The first-order valence-electron chi connectivity index (χ1n) is 9.34. The highest BCUT2D eigenvalue weighted by molar-refractivity contribution is 6.12. The second-order valence-electron chi connectivity index (χ2n) is 6.08. The van der Waals surface area contributed by atoms with E-state index in [1.807, 2.05) is 6.92 Å². The summed E-state index contributed by atoms with van der Waals surface area (Å²) in [7, 11) is 0. The molecule has 0 fully saturated rings. The van der Waals surface area contributed by atoms with Crippen molar-refractivity contribution < 1.29 is 32.9 Å². The SMILES string of the molecule is CCOC(=O)COc1ccc(/C=C2/N=C(c3ccc(F)cc3)OC2=O)cc1OCC. The van der Waals surface area contributed by atoms with Crippen LogP contribution in [-0.2, 0) is 19.1 Å². The van der Waals surface area contributed by atoms with Gasteiger partial charge in [-0.15, -0.1) is 0 Å². The van der Waals surface area contributed by atoms with Gasteiger partial charge in [-0.3, -0.25) is 0 Å². The Labute approximate surface area is 172 Å². The molecule has 0 aromatic heterocycles. The fourth-order valence-corrected chi connectivity index (χ4v) is 2.62. The van der Waals surface area contributed by atoms with Crippen molar-refractivity contribution in [2.75, 3.05) is 19.8 Å². The Kier molecular flexibility index (Phi) is 6.79. The number of nitrogens with zero attached hydrogens (tertiary/aromatic N) is 1. The third-order valence-corrected chi connectivity index (χ3v) is 3.93. The number of benzene rings is 2. The van der Waals surface area contributed by atoms with Crippen molar-refractivity contribution in [2.45, 2.75) is 13.8 Å². The molecule has 8 heteroatoms. The molecule has 0 atom stereocenters. The van der Waals surface area contributed by atoms with Crippen molar-refractivity contribution >= 4 is 23.9 Å². The van der Waals surface area contributed by atoms with Crippen molar-refractivity contribution in [1.82, 2.24) is 0 Å². The summed E-state index contributed by atoms with van der Waals surface area (Å²) in [5, 5.41) is 0. The topological polar surface area (TPSA) is 83.4 Å². The largest absolute Gasteiger partial charge is 0.490 e. The van der Waals surface area contributed by atoms with Gasteiger partial charge in [0, 0.05) is 5.56 Å². The molecule has 1 aliphatic rings. The number of hydrogen-bond acceptors (Lipinski definition) is 7. The second-order valence-corrected chi connectivity index (χ2v) is 6.08. The highest BCUT2D eigenvalue weighted by atomic mass is 19.1. The maximum absolute atomic E-state index is 13.1. The monoisotopic (exact) mass is 413 g/mol. The summed E-state index contributed by atoms with van der Waals surface area (Å²) in [6, 6.07) is 10.5. The summed E-state index contributed by atoms with van der Waals surface area (Å²) < 4.78 is 34.1. The molecule has 2 aromatic rings. The molecular formula is C22H20FNO6. The van der Waals surface area contributed by atoms with Crippen molar-refractivity contribution in [3.8, 4) is 11.5 Å². The zero-order valence-corrected chi connectivity index (χ0v) is 16.5. The van der Waals surface area contributed by atoms with Crippen LogP contribution in [0.3, 0.4) is 0 Å². The molecule has 0 amide bonds. The van der Waals surface area contributed by atoms with Crippen molar-refractivity contribution in [3.63, 3.8) is 0 Å². The fourth-order valence-electron chi connectivity index (χ4n) is 2.62. The minimum atomic E-state index is -0.616. The number of halogens is 1. The Morgan fingerprint density at radius 3 is 2.53 bits per heavy atom. The Hall–Kier alpha value is -3.68. The maximum Gasteiger partial charge on any atom is 0.363 e. The van der Waals surface area contributed by atoms with Gasteiger partial charge in [0.1, 0.15) is 5.82 Å². The zero-order valence-electron chi connectivity index (χ0n) is 16.5. The molecule has 0 bridgehead atoms. The van der Waals surface area contributed by atoms with Gasteiger partial charge in [0.15, 0.2) is 23.8 Å². The predicted octanol–water partition coefficient (Wildman–Crippen LogP) is 3.51. The highest BCUT2D eigenvalue weighted by Crippen LogP contribution is 2.30. The number of carbonyl (C=O) groups is 2. The smallest absolute Gasteiger partial charge is 0.363 e. The van der Waals surface area contributed by atoms with Gasteiger partial charge in [-0.1, -0.05) is 6.07 Å². The average molecular weight is 413 g/mol. The van der Waals surface area contributed by atoms with E-state index in [4.69, 9.17) is 18.9 Å².